The molecule has 21 heavy (non-hydrogen) atoms. The van der Waals surface area contributed by atoms with E-state index in [0.717, 1.165) is 37.2 Å². The molecule has 2 N–H and O–H groups in total. The first-order valence-electron chi connectivity index (χ1n) is 7.24. The Hall–Kier alpha value is -1.20. The SMILES string of the molecule is COC(=O)C1(N)CCCC1CCSc1ccc(OC)cc1. The van der Waals surface area contributed by atoms with Crippen molar-refractivity contribution in [3.8, 4) is 5.75 Å². The van der Waals surface area contributed by atoms with Crippen molar-refractivity contribution >= 4 is 17.7 Å². The summed E-state index contributed by atoms with van der Waals surface area (Å²) < 4.78 is 10.0. The molecule has 2 atom stereocenters. The van der Waals surface area contributed by atoms with Crippen molar-refractivity contribution in [3.05, 3.63) is 24.3 Å². The van der Waals surface area contributed by atoms with Crippen LogP contribution in [0.25, 0.3) is 0 Å². The average Bonchev–Trinajstić information content (AvgIpc) is 2.89. The Bertz CT molecular complexity index is 477. The fourth-order valence-corrected chi connectivity index (χ4v) is 3.92. The van der Waals surface area contributed by atoms with E-state index in [1.807, 2.05) is 24.3 Å². The first kappa shape index (κ1) is 16.2. The maximum atomic E-state index is 11.9. The molecule has 0 aromatic heterocycles. The van der Waals surface area contributed by atoms with Crippen molar-refractivity contribution in [1.82, 2.24) is 0 Å². The first-order chi connectivity index (χ1) is 10.1. The number of nitrogens with two attached hydrogens (primary N) is 1. The monoisotopic (exact) mass is 309 g/mol. The van der Waals surface area contributed by atoms with Crippen LogP contribution in [0.15, 0.2) is 29.2 Å². The second kappa shape index (κ2) is 7.18. The van der Waals surface area contributed by atoms with Gasteiger partial charge in [-0.1, -0.05) is 6.42 Å². The van der Waals surface area contributed by atoms with Gasteiger partial charge in [-0.2, -0.15) is 0 Å². The van der Waals surface area contributed by atoms with Gasteiger partial charge in [0, 0.05) is 4.90 Å². The topological polar surface area (TPSA) is 61.5 Å². The smallest absolute Gasteiger partial charge is 0.326 e. The summed E-state index contributed by atoms with van der Waals surface area (Å²) in [6.07, 6.45) is 3.68. The fourth-order valence-electron chi connectivity index (χ4n) is 2.95. The van der Waals surface area contributed by atoms with Crippen LogP contribution in [0.2, 0.25) is 0 Å². The lowest BCUT2D eigenvalue weighted by Gasteiger charge is -2.28. The van der Waals surface area contributed by atoms with Gasteiger partial charge in [0.2, 0.25) is 0 Å². The van der Waals surface area contributed by atoms with Gasteiger partial charge < -0.3 is 15.2 Å². The van der Waals surface area contributed by atoms with E-state index >= 15 is 0 Å². The van der Waals surface area contributed by atoms with Crippen LogP contribution in [0.3, 0.4) is 0 Å². The molecule has 1 fully saturated rings. The third kappa shape index (κ3) is 3.71. The Labute approximate surface area is 130 Å². The van der Waals surface area contributed by atoms with Gasteiger partial charge in [0.05, 0.1) is 14.2 Å². The Morgan fingerprint density at radius 1 is 1.38 bits per heavy atom. The predicted molar refractivity (Wildman–Crippen MR) is 84.6 cm³/mol. The van der Waals surface area contributed by atoms with Crippen molar-refractivity contribution in [3.63, 3.8) is 0 Å². The van der Waals surface area contributed by atoms with Crippen molar-refractivity contribution in [2.45, 2.75) is 36.1 Å². The standard InChI is InChI=1S/C16H23NO3S/c1-19-13-5-7-14(8-6-13)21-11-9-12-4-3-10-16(12,17)15(18)20-2/h5-8,12H,3-4,9-11,17H2,1-2H3. The highest BCUT2D eigenvalue weighted by Gasteiger charge is 2.46. The van der Waals surface area contributed by atoms with E-state index in [9.17, 15) is 4.79 Å². The number of rotatable bonds is 6. The summed E-state index contributed by atoms with van der Waals surface area (Å²) in [6.45, 7) is 0. The zero-order valence-electron chi connectivity index (χ0n) is 12.6. The lowest BCUT2D eigenvalue weighted by molar-refractivity contribution is -0.148. The second-order valence-electron chi connectivity index (χ2n) is 5.43. The lowest BCUT2D eigenvalue weighted by Crippen LogP contribution is -2.51. The number of thioether (sulfide) groups is 1. The van der Waals surface area contributed by atoms with Crippen LogP contribution >= 0.6 is 11.8 Å². The molecular weight excluding hydrogens is 286 g/mol. The molecule has 1 aromatic rings. The number of carbonyl (C=O) groups is 1. The molecule has 5 heteroatoms. The van der Waals surface area contributed by atoms with Crippen LogP contribution in [0.4, 0.5) is 0 Å². The number of hydrogen-bond donors (Lipinski definition) is 1. The van der Waals surface area contributed by atoms with E-state index in [2.05, 4.69) is 0 Å². The zero-order chi connectivity index (χ0) is 15.3. The van der Waals surface area contributed by atoms with Gasteiger partial charge in [-0.3, -0.25) is 4.79 Å². The van der Waals surface area contributed by atoms with Gasteiger partial charge >= 0.3 is 5.97 Å². The number of methoxy groups -OCH3 is 2. The lowest BCUT2D eigenvalue weighted by atomic mass is 9.86. The van der Waals surface area contributed by atoms with Gasteiger partial charge in [-0.05, 0) is 55.2 Å². The summed E-state index contributed by atoms with van der Waals surface area (Å²) in [7, 11) is 3.08. The molecule has 0 amide bonds. The van der Waals surface area contributed by atoms with E-state index in [4.69, 9.17) is 15.2 Å². The van der Waals surface area contributed by atoms with Crippen LogP contribution in [0.5, 0.6) is 5.75 Å². The normalized spacial score (nSPS) is 24.8. The Morgan fingerprint density at radius 2 is 2.10 bits per heavy atom. The number of benzene rings is 1. The third-order valence-electron chi connectivity index (χ3n) is 4.23. The van der Waals surface area contributed by atoms with E-state index in [1.165, 1.54) is 12.0 Å². The second-order valence-corrected chi connectivity index (χ2v) is 6.60. The average molecular weight is 309 g/mol. The molecule has 0 spiro atoms. The molecule has 0 heterocycles. The van der Waals surface area contributed by atoms with Crippen molar-refractivity contribution in [2.75, 3.05) is 20.0 Å². The molecule has 0 aliphatic heterocycles. The molecule has 0 bridgehead atoms. The van der Waals surface area contributed by atoms with E-state index in [-0.39, 0.29) is 11.9 Å². The molecule has 0 radical (unpaired) electrons. The van der Waals surface area contributed by atoms with E-state index < -0.39 is 5.54 Å². The summed E-state index contributed by atoms with van der Waals surface area (Å²) in [5.41, 5.74) is 5.49. The molecule has 1 aromatic carbocycles. The largest absolute Gasteiger partial charge is 0.497 e. The minimum atomic E-state index is -0.783. The zero-order valence-corrected chi connectivity index (χ0v) is 13.4. The quantitative estimate of drug-likeness (QED) is 0.647. The number of hydrogen-bond acceptors (Lipinski definition) is 5. The van der Waals surface area contributed by atoms with Gasteiger partial charge in [0.25, 0.3) is 0 Å². The van der Waals surface area contributed by atoms with Crippen LogP contribution in [-0.4, -0.2) is 31.5 Å². The summed E-state index contributed by atoms with van der Waals surface area (Å²) in [5, 5.41) is 0. The summed E-state index contributed by atoms with van der Waals surface area (Å²) >= 11 is 1.78. The summed E-state index contributed by atoms with van der Waals surface area (Å²) in [4.78, 5) is 13.1. The van der Waals surface area contributed by atoms with Gasteiger partial charge in [0.1, 0.15) is 11.3 Å². The van der Waals surface area contributed by atoms with Crippen molar-refractivity contribution in [2.24, 2.45) is 11.7 Å². The molecule has 1 aliphatic carbocycles. The van der Waals surface area contributed by atoms with Crippen LogP contribution in [0.1, 0.15) is 25.7 Å². The minimum Gasteiger partial charge on any atom is -0.497 e. The fraction of sp³-hybridized carbons (Fsp3) is 0.562. The number of ether oxygens (including phenoxy) is 2. The molecule has 4 nitrogen and oxygen atoms in total. The van der Waals surface area contributed by atoms with Crippen LogP contribution in [0, 0.1) is 5.92 Å². The highest BCUT2D eigenvalue weighted by Crippen LogP contribution is 2.38. The molecule has 1 saturated carbocycles. The molecule has 2 unspecified atom stereocenters. The number of carbonyl (C=O) groups excluding carboxylic acids is 1. The van der Waals surface area contributed by atoms with E-state index in [0.29, 0.717) is 0 Å². The highest BCUT2D eigenvalue weighted by molar-refractivity contribution is 7.99. The Kier molecular flexibility index (Phi) is 5.53. The molecule has 0 saturated heterocycles. The number of esters is 1. The summed E-state index contributed by atoms with van der Waals surface area (Å²) in [6, 6.07) is 8.02. The van der Waals surface area contributed by atoms with Crippen molar-refractivity contribution < 1.29 is 14.3 Å². The minimum absolute atomic E-state index is 0.218. The Morgan fingerprint density at radius 3 is 2.71 bits per heavy atom. The predicted octanol–water partition coefficient (Wildman–Crippen LogP) is 2.85. The van der Waals surface area contributed by atoms with E-state index in [1.54, 1.807) is 18.9 Å². The maximum Gasteiger partial charge on any atom is 0.326 e. The van der Waals surface area contributed by atoms with Crippen molar-refractivity contribution in [1.29, 1.82) is 0 Å². The van der Waals surface area contributed by atoms with Gasteiger partial charge in [-0.25, -0.2) is 0 Å². The third-order valence-corrected chi connectivity index (χ3v) is 5.28. The highest BCUT2D eigenvalue weighted by atomic mass is 32.2. The summed E-state index contributed by atoms with van der Waals surface area (Å²) in [5.74, 6) is 1.77. The molecule has 116 valence electrons. The molecule has 1 aliphatic rings. The Balaban J connectivity index is 1.86. The maximum absolute atomic E-state index is 11.9. The van der Waals surface area contributed by atoms with Gasteiger partial charge in [0.15, 0.2) is 0 Å². The van der Waals surface area contributed by atoms with Crippen LogP contribution < -0.4 is 10.5 Å². The molecular formula is C16H23NO3S. The van der Waals surface area contributed by atoms with Crippen LogP contribution in [-0.2, 0) is 9.53 Å². The molecule has 2 rings (SSSR count). The van der Waals surface area contributed by atoms with Gasteiger partial charge in [-0.15, -0.1) is 11.8 Å². The first-order valence-corrected chi connectivity index (χ1v) is 8.23.